The van der Waals surface area contributed by atoms with Crippen molar-refractivity contribution in [2.45, 2.75) is 26.4 Å². The predicted octanol–water partition coefficient (Wildman–Crippen LogP) is 4.20. The van der Waals surface area contributed by atoms with Crippen LogP contribution in [0.1, 0.15) is 20.8 Å². The van der Waals surface area contributed by atoms with Gasteiger partial charge < -0.3 is 4.74 Å². The molecule has 0 aliphatic rings. The summed E-state index contributed by atoms with van der Waals surface area (Å²) in [5.74, 6) is 0. The molecule has 2 aromatic rings. The molecule has 0 aliphatic heterocycles. The van der Waals surface area contributed by atoms with Gasteiger partial charge in [-0.1, -0.05) is 15.9 Å². The maximum Gasteiger partial charge on any atom is 0.412 e. The number of hydrogen-bond acceptors (Lipinski definition) is 3. The van der Waals surface area contributed by atoms with Crippen molar-refractivity contribution in [2.75, 3.05) is 5.32 Å². The second-order valence-corrected chi connectivity index (χ2v) is 6.55. The Bertz CT molecular complexity index is 659. The predicted molar refractivity (Wildman–Crippen MR) is 86.2 cm³/mol. The van der Waals surface area contributed by atoms with Crippen molar-refractivity contribution in [2.24, 2.45) is 7.05 Å². The van der Waals surface area contributed by atoms with Gasteiger partial charge in [0, 0.05) is 29.0 Å². The van der Waals surface area contributed by atoms with Gasteiger partial charge in [-0.2, -0.15) is 5.10 Å². The number of nitrogens with zero attached hydrogens (tertiary/aromatic N) is 2. The first-order chi connectivity index (χ1) is 9.74. The highest BCUT2D eigenvalue weighted by Crippen LogP contribution is 2.29. The molecule has 6 heteroatoms. The molecule has 0 saturated carbocycles. The van der Waals surface area contributed by atoms with E-state index >= 15 is 0 Å². The first-order valence-electron chi connectivity index (χ1n) is 6.54. The molecule has 1 aromatic carbocycles. The molecule has 1 N–H and O–H groups in total. The largest absolute Gasteiger partial charge is 0.444 e. The number of hydrogen-bond donors (Lipinski definition) is 1. The zero-order chi connectivity index (χ0) is 15.6. The molecule has 0 atom stereocenters. The van der Waals surface area contributed by atoms with Gasteiger partial charge >= 0.3 is 6.09 Å². The highest BCUT2D eigenvalue weighted by Gasteiger charge is 2.16. The molecule has 0 fully saturated rings. The smallest absolute Gasteiger partial charge is 0.412 e. The molecule has 0 spiro atoms. The quantitative estimate of drug-likeness (QED) is 0.881. The average Bonchev–Trinajstić information content (AvgIpc) is 2.76. The van der Waals surface area contributed by atoms with Gasteiger partial charge in [0.1, 0.15) is 5.60 Å². The number of anilines is 1. The Kier molecular flexibility index (Phi) is 4.37. The number of aromatic nitrogens is 2. The number of rotatable bonds is 2. The summed E-state index contributed by atoms with van der Waals surface area (Å²) < 4.78 is 7.88. The van der Waals surface area contributed by atoms with E-state index in [0.717, 1.165) is 15.7 Å². The molecule has 0 bridgehead atoms. The lowest BCUT2D eigenvalue weighted by Gasteiger charge is -2.19. The summed E-state index contributed by atoms with van der Waals surface area (Å²) in [6, 6.07) is 7.45. The molecule has 0 aliphatic carbocycles. The number of nitrogens with one attached hydrogen (secondary N) is 1. The lowest BCUT2D eigenvalue weighted by molar-refractivity contribution is 0.0636. The Labute approximate surface area is 132 Å². The van der Waals surface area contributed by atoms with Crippen LogP contribution >= 0.6 is 15.9 Å². The van der Waals surface area contributed by atoms with Crippen molar-refractivity contribution >= 4 is 27.7 Å². The minimum absolute atomic E-state index is 0.475. The van der Waals surface area contributed by atoms with Gasteiger partial charge in [0.25, 0.3) is 0 Å². The SMILES string of the molecule is Cn1ccc(-c2cc(NC(=O)OC(C)(C)C)ccc2Br)n1. The Morgan fingerprint density at radius 1 is 1.33 bits per heavy atom. The third-order valence-electron chi connectivity index (χ3n) is 2.60. The molecular formula is C15H18BrN3O2. The number of aryl methyl sites for hydroxylation is 1. The van der Waals surface area contributed by atoms with Crippen LogP contribution in [0.25, 0.3) is 11.3 Å². The van der Waals surface area contributed by atoms with Gasteiger partial charge in [0.05, 0.1) is 5.69 Å². The zero-order valence-corrected chi connectivity index (χ0v) is 14.1. The van der Waals surface area contributed by atoms with E-state index in [4.69, 9.17) is 4.74 Å². The van der Waals surface area contributed by atoms with E-state index < -0.39 is 11.7 Å². The molecule has 1 heterocycles. The van der Waals surface area contributed by atoms with E-state index in [1.807, 2.05) is 52.2 Å². The van der Waals surface area contributed by atoms with Crippen LogP contribution < -0.4 is 5.32 Å². The highest BCUT2D eigenvalue weighted by molar-refractivity contribution is 9.10. The summed E-state index contributed by atoms with van der Waals surface area (Å²) in [6.45, 7) is 5.48. The van der Waals surface area contributed by atoms with E-state index in [1.54, 1.807) is 10.7 Å². The van der Waals surface area contributed by atoms with Crippen LogP contribution in [0.4, 0.5) is 10.5 Å². The molecule has 1 aromatic heterocycles. The summed E-state index contributed by atoms with van der Waals surface area (Å²) in [4.78, 5) is 11.8. The lowest BCUT2D eigenvalue weighted by atomic mass is 10.1. The monoisotopic (exact) mass is 351 g/mol. The van der Waals surface area contributed by atoms with Crippen LogP contribution in [0.5, 0.6) is 0 Å². The van der Waals surface area contributed by atoms with E-state index in [0.29, 0.717) is 5.69 Å². The van der Waals surface area contributed by atoms with Crippen LogP contribution in [-0.2, 0) is 11.8 Å². The maximum absolute atomic E-state index is 11.8. The Hall–Kier alpha value is -1.82. The number of ether oxygens (including phenoxy) is 1. The summed E-state index contributed by atoms with van der Waals surface area (Å²) in [5, 5.41) is 7.09. The third-order valence-corrected chi connectivity index (χ3v) is 3.29. The van der Waals surface area contributed by atoms with Gasteiger partial charge in [-0.15, -0.1) is 0 Å². The number of amides is 1. The van der Waals surface area contributed by atoms with Crippen LogP contribution in [0.15, 0.2) is 34.9 Å². The molecule has 0 saturated heterocycles. The minimum atomic E-state index is -0.525. The van der Waals surface area contributed by atoms with Crippen molar-refractivity contribution in [1.82, 2.24) is 9.78 Å². The Balaban J connectivity index is 2.21. The molecular weight excluding hydrogens is 334 g/mol. The maximum atomic E-state index is 11.8. The third kappa shape index (κ3) is 4.32. The highest BCUT2D eigenvalue weighted by atomic mass is 79.9. The molecule has 21 heavy (non-hydrogen) atoms. The number of halogens is 1. The van der Waals surface area contributed by atoms with Gasteiger partial charge in [-0.3, -0.25) is 10.00 Å². The van der Waals surface area contributed by atoms with Crippen LogP contribution in [0, 0.1) is 0 Å². The molecule has 112 valence electrons. The normalized spacial score (nSPS) is 11.3. The molecule has 0 unspecified atom stereocenters. The van der Waals surface area contributed by atoms with Gasteiger partial charge in [-0.05, 0) is 45.0 Å². The average molecular weight is 352 g/mol. The van der Waals surface area contributed by atoms with E-state index in [1.165, 1.54) is 0 Å². The van der Waals surface area contributed by atoms with Gasteiger partial charge in [-0.25, -0.2) is 4.79 Å². The number of benzene rings is 1. The van der Waals surface area contributed by atoms with Gasteiger partial charge in [0.2, 0.25) is 0 Å². The summed E-state index contributed by atoms with van der Waals surface area (Å²) in [7, 11) is 1.86. The lowest BCUT2D eigenvalue weighted by Crippen LogP contribution is -2.27. The second kappa shape index (κ2) is 5.89. The van der Waals surface area contributed by atoms with Crippen LogP contribution in [-0.4, -0.2) is 21.5 Å². The first kappa shape index (κ1) is 15.6. The van der Waals surface area contributed by atoms with Crippen LogP contribution in [0.2, 0.25) is 0 Å². The Morgan fingerprint density at radius 3 is 2.62 bits per heavy atom. The van der Waals surface area contributed by atoms with Crippen molar-refractivity contribution in [3.8, 4) is 11.3 Å². The fourth-order valence-corrected chi connectivity index (χ4v) is 2.23. The van der Waals surface area contributed by atoms with E-state index in [2.05, 4.69) is 26.3 Å². The molecule has 2 rings (SSSR count). The summed E-state index contributed by atoms with van der Waals surface area (Å²) in [5.41, 5.74) is 1.87. The first-order valence-corrected chi connectivity index (χ1v) is 7.33. The van der Waals surface area contributed by atoms with E-state index in [9.17, 15) is 4.79 Å². The topological polar surface area (TPSA) is 56.2 Å². The summed E-state index contributed by atoms with van der Waals surface area (Å²) in [6.07, 6.45) is 1.40. The van der Waals surface area contributed by atoms with Crippen molar-refractivity contribution in [1.29, 1.82) is 0 Å². The van der Waals surface area contributed by atoms with Crippen molar-refractivity contribution in [3.63, 3.8) is 0 Å². The number of carbonyl (C=O) groups excluding carboxylic acids is 1. The molecule has 1 amide bonds. The van der Waals surface area contributed by atoms with Crippen molar-refractivity contribution < 1.29 is 9.53 Å². The van der Waals surface area contributed by atoms with Crippen LogP contribution in [0.3, 0.4) is 0 Å². The Morgan fingerprint density at radius 2 is 2.05 bits per heavy atom. The standard InChI is InChI=1S/C15H18BrN3O2/c1-15(2,3)21-14(20)17-10-5-6-12(16)11(9-10)13-7-8-19(4)18-13/h5-9H,1-4H3,(H,17,20). The van der Waals surface area contributed by atoms with E-state index in [-0.39, 0.29) is 0 Å². The molecule has 5 nitrogen and oxygen atoms in total. The molecule has 0 radical (unpaired) electrons. The fraction of sp³-hybridized carbons (Fsp3) is 0.333. The van der Waals surface area contributed by atoms with Gasteiger partial charge in [0.15, 0.2) is 0 Å². The second-order valence-electron chi connectivity index (χ2n) is 5.70. The summed E-state index contributed by atoms with van der Waals surface area (Å²) >= 11 is 3.50. The fourth-order valence-electron chi connectivity index (χ4n) is 1.78. The minimum Gasteiger partial charge on any atom is -0.444 e. The zero-order valence-electron chi connectivity index (χ0n) is 12.5. The van der Waals surface area contributed by atoms with Crippen molar-refractivity contribution in [3.05, 3.63) is 34.9 Å². The number of carbonyl (C=O) groups is 1.